The van der Waals surface area contributed by atoms with Crippen LogP contribution in [0.4, 0.5) is 32.0 Å². The van der Waals surface area contributed by atoms with Crippen molar-refractivity contribution >= 4 is 5.69 Å². The van der Waals surface area contributed by atoms with Crippen LogP contribution in [-0.2, 0) is 23.1 Å². The number of rotatable bonds is 3. The lowest BCUT2D eigenvalue weighted by Crippen LogP contribution is -2.53. The standard InChI is InChI=1S/C23H20F6N4O4.2C2H6/c24-22(25,26)14-11-15(30)17-19-32-33-20(37-19)21(23(27,28)29,36-12-13-7-3-1-4-8-13)16(34)9-5-2-6-10-35-18(14)31-17;2*1-2/h1,3-5,7-9,11,16,34H,2,6,10,12,30H2;2*1-2H3/b9-5+;;. The molecule has 3 N–H and O–H groups in total. The van der Waals surface area contributed by atoms with Gasteiger partial charge < -0.3 is 24.7 Å². The molecular weight excluding hydrogens is 558 g/mol. The fourth-order valence-corrected chi connectivity index (χ4v) is 3.61. The summed E-state index contributed by atoms with van der Waals surface area (Å²) in [4.78, 5) is 3.73. The van der Waals surface area contributed by atoms with Crippen LogP contribution in [0.2, 0.25) is 0 Å². The van der Waals surface area contributed by atoms with Crippen LogP contribution in [0.1, 0.15) is 57.6 Å². The Morgan fingerprint density at radius 3 is 2.32 bits per heavy atom. The minimum atomic E-state index is -5.28. The minimum Gasteiger partial charge on any atom is -0.477 e. The molecule has 2 aromatic heterocycles. The van der Waals surface area contributed by atoms with Gasteiger partial charge in [0.05, 0.1) is 18.9 Å². The van der Waals surface area contributed by atoms with Gasteiger partial charge in [-0.15, -0.1) is 10.2 Å². The molecule has 0 radical (unpaired) electrons. The van der Waals surface area contributed by atoms with Crippen LogP contribution >= 0.6 is 0 Å². The van der Waals surface area contributed by atoms with E-state index in [1.54, 1.807) is 18.2 Å². The Kier molecular flexibility index (Phi) is 11.7. The van der Waals surface area contributed by atoms with Gasteiger partial charge >= 0.3 is 12.4 Å². The molecule has 4 bridgehead atoms. The van der Waals surface area contributed by atoms with E-state index in [4.69, 9.17) is 19.6 Å². The number of aliphatic hydroxyl groups excluding tert-OH is 1. The molecule has 8 nitrogen and oxygen atoms in total. The second-order valence-electron chi connectivity index (χ2n) is 8.06. The summed E-state index contributed by atoms with van der Waals surface area (Å²) in [7, 11) is 0. The molecule has 1 aromatic carbocycles. The van der Waals surface area contributed by atoms with Crippen LogP contribution in [0.5, 0.6) is 5.88 Å². The second-order valence-corrected chi connectivity index (χ2v) is 8.06. The molecule has 226 valence electrons. The van der Waals surface area contributed by atoms with Gasteiger partial charge in [-0.1, -0.05) is 70.2 Å². The first-order valence-electron chi connectivity index (χ1n) is 12.9. The summed E-state index contributed by atoms with van der Waals surface area (Å²) in [5.74, 6) is -2.76. The third-order valence-corrected chi connectivity index (χ3v) is 5.49. The van der Waals surface area contributed by atoms with Crippen LogP contribution < -0.4 is 10.5 Å². The molecule has 0 aliphatic carbocycles. The Bertz CT molecular complexity index is 1260. The van der Waals surface area contributed by atoms with Crippen molar-refractivity contribution < 1.29 is 45.3 Å². The number of benzene rings is 1. The summed E-state index contributed by atoms with van der Waals surface area (Å²) >= 11 is 0. The topological polar surface area (TPSA) is 117 Å². The number of hydrogen-bond acceptors (Lipinski definition) is 8. The predicted octanol–water partition coefficient (Wildman–Crippen LogP) is 6.85. The lowest BCUT2D eigenvalue weighted by molar-refractivity contribution is -0.319. The molecule has 0 amide bonds. The Morgan fingerprint density at radius 1 is 1.05 bits per heavy atom. The van der Waals surface area contributed by atoms with Gasteiger partial charge in [-0.3, -0.25) is 0 Å². The summed E-state index contributed by atoms with van der Waals surface area (Å²) < 4.78 is 100. The van der Waals surface area contributed by atoms with Crippen molar-refractivity contribution in [2.75, 3.05) is 12.3 Å². The maximum Gasteiger partial charge on any atom is 0.429 e. The summed E-state index contributed by atoms with van der Waals surface area (Å²) in [5.41, 5.74) is 0.170. The Balaban J connectivity index is 0.00000141. The summed E-state index contributed by atoms with van der Waals surface area (Å²) in [6.45, 7) is 7.14. The smallest absolute Gasteiger partial charge is 0.429 e. The molecule has 2 atom stereocenters. The molecule has 41 heavy (non-hydrogen) atoms. The van der Waals surface area contributed by atoms with E-state index in [9.17, 15) is 31.4 Å². The first-order valence-corrected chi connectivity index (χ1v) is 12.9. The van der Waals surface area contributed by atoms with Crippen molar-refractivity contribution in [1.82, 2.24) is 15.2 Å². The molecule has 0 saturated carbocycles. The van der Waals surface area contributed by atoms with Gasteiger partial charge in [0.15, 0.2) is 5.69 Å². The van der Waals surface area contributed by atoms with Gasteiger partial charge in [-0.2, -0.15) is 26.3 Å². The largest absolute Gasteiger partial charge is 0.477 e. The molecule has 3 heterocycles. The van der Waals surface area contributed by atoms with Gasteiger partial charge in [0.25, 0.3) is 17.4 Å². The number of hydrogen-bond donors (Lipinski definition) is 2. The zero-order valence-electron chi connectivity index (χ0n) is 22.9. The van der Waals surface area contributed by atoms with Crippen molar-refractivity contribution in [2.45, 2.75) is 71.2 Å². The van der Waals surface area contributed by atoms with Gasteiger partial charge in [0.1, 0.15) is 11.7 Å². The molecule has 1 aliphatic heterocycles. The van der Waals surface area contributed by atoms with Crippen LogP contribution in [0.15, 0.2) is 53.0 Å². The summed E-state index contributed by atoms with van der Waals surface area (Å²) in [5, 5.41) is 17.7. The van der Waals surface area contributed by atoms with E-state index in [1.807, 2.05) is 27.7 Å². The number of nitrogen functional groups attached to an aromatic ring is 1. The van der Waals surface area contributed by atoms with Gasteiger partial charge in [0, 0.05) is 0 Å². The number of allylic oxidation sites excluding steroid dienone is 1. The summed E-state index contributed by atoms with van der Waals surface area (Å²) in [6.07, 6.45) is -10.3. The minimum absolute atomic E-state index is 0.0575. The number of halogens is 6. The van der Waals surface area contributed by atoms with Crippen LogP contribution in [0, 0.1) is 0 Å². The lowest BCUT2D eigenvalue weighted by Gasteiger charge is -2.35. The molecule has 0 fully saturated rings. The third kappa shape index (κ3) is 7.55. The van der Waals surface area contributed by atoms with Crippen molar-refractivity contribution in [3.63, 3.8) is 0 Å². The molecule has 3 aromatic rings. The zero-order chi connectivity index (χ0) is 30.8. The number of aromatic nitrogens is 3. The second kappa shape index (κ2) is 14.3. The molecule has 4 rings (SSSR count). The van der Waals surface area contributed by atoms with Gasteiger partial charge in [0.2, 0.25) is 5.88 Å². The molecule has 0 spiro atoms. The number of pyridine rings is 1. The maximum absolute atomic E-state index is 14.6. The fraction of sp³-hybridized carbons (Fsp3) is 0.444. The van der Waals surface area contributed by atoms with Crippen LogP contribution in [-0.4, -0.2) is 39.2 Å². The average molecular weight is 591 g/mol. The first-order chi connectivity index (χ1) is 19.4. The summed E-state index contributed by atoms with van der Waals surface area (Å²) in [6, 6.07) is 8.39. The zero-order valence-corrected chi connectivity index (χ0v) is 22.9. The number of fused-ring (bicyclic) bond motifs is 5. The third-order valence-electron chi connectivity index (χ3n) is 5.49. The molecule has 14 heteroatoms. The van der Waals surface area contributed by atoms with Crippen molar-refractivity contribution in [3.05, 3.63) is 65.6 Å². The highest BCUT2D eigenvalue weighted by Crippen LogP contribution is 2.47. The predicted molar refractivity (Wildman–Crippen MR) is 138 cm³/mol. The monoisotopic (exact) mass is 590 g/mol. The van der Waals surface area contributed by atoms with E-state index in [1.165, 1.54) is 18.2 Å². The SMILES string of the molecule is CC.CC.Nc1cc(C(F)(F)F)c2nc1-c1nnc(o1)C(OCc1ccccc1)(C(F)(F)F)C(O)/C=C/CCCO2. The highest BCUT2D eigenvalue weighted by molar-refractivity contribution is 5.68. The fourth-order valence-electron chi connectivity index (χ4n) is 3.61. The number of nitrogens with two attached hydrogens (primary N) is 1. The highest BCUT2D eigenvalue weighted by Gasteiger charge is 2.65. The van der Waals surface area contributed by atoms with E-state index in [2.05, 4.69) is 15.2 Å². The van der Waals surface area contributed by atoms with Gasteiger partial charge in [-0.05, 0) is 24.5 Å². The highest BCUT2D eigenvalue weighted by atomic mass is 19.4. The first kappa shape index (κ1) is 33.6. The number of anilines is 1. The quantitative estimate of drug-likeness (QED) is 0.251. The molecule has 1 aliphatic rings. The van der Waals surface area contributed by atoms with Gasteiger partial charge in [-0.25, -0.2) is 4.98 Å². The Labute approximate surface area is 233 Å². The number of alkyl halides is 6. The maximum atomic E-state index is 14.6. The number of aliphatic hydroxyl groups is 1. The lowest BCUT2D eigenvalue weighted by atomic mass is 9.94. The Hall–Kier alpha value is -3.65. The molecule has 2 unspecified atom stereocenters. The van der Waals surface area contributed by atoms with Crippen LogP contribution in [0.3, 0.4) is 0 Å². The van der Waals surface area contributed by atoms with Crippen LogP contribution in [0.25, 0.3) is 11.6 Å². The molecule has 0 saturated heterocycles. The van der Waals surface area contributed by atoms with E-state index >= 15 is 0 Å². The average Bonchev–Trinajstić information content (AvgIpc) is 3.42. The van der Waals surface area contributed by atoms with Crippen molar-refractivity contribution in [2.24, 2.45) is 0 Å². The van der Waals surface area contributed by atoms with Crippen molar-refractivity contribution in [3.8, 4) is 17.5 Å². The van der Waals surface area contributed by atoms with E-state index in [0.717, 1.165) is 6.08 Å². The Morgan fingerprint density at radius 2 is 1.71 bits per heavy atom. The van der Waals surface area contributed by atoms with Crippen molar-refractivity contribution in [1.29, 1.82) is 0 Å². The molecular formula is C27H32F6N4O4. The van der Waals surface area contributed by atoms with E-state index in [-0.39, 0.29) is 19.4 Å². The van der Waals surface area contributed by atoms with E-state index < -0.39 is 65.3 Å². The van der Waals surface area contributed by atoms with E-state index in [0.29, 0.717) is 11.6 Å². The normalized spacial score (nSPS) is 19.8. The number of nitrogens with zero attached hydrogens (tertiary/aromatic N) is 3. The number of ether oxygens (including phenoxy) is 2.